The molecule has 1 aromatic carbocycles. The Labute approximate surface area is 155 Å². The third kappa shape index (κ3) is 3.16. The largest absolute Gasteiger partial charge is 0.349 e. The minimum absolute atomic E-state index is 0.00113. The minimum atomic E-state index is -0.00113. The highest BCUT2D eigenvalue weighted by Gasteiger charge is 2.40. The number of benzene rings is 1. The van der Waals surface area contributed by atoms with Crippen LogP contribution < -0.4 is 11.1 Å². The lowest BCUT2D eigenvalue weighted by Gasteiger charge is -2.45. The van der Waals surface area contributed by atoms with Crippen molar-refractivity contribution in [2.24, 2.45) is 17.6 Å². The molecule has 1 heterocycles. The maximum atomic E-state index is 13.0. The summed E-state index contributed by atoms with van der Waals surface area (Å²) in [6.45, 7) is 4.02. The third-order valence-corrected chi connectivity index (χ3v) is 6.17. The van der Waals surface area contributed by atoms with Crippen LogP contribution in [0.5, 0.6) is 0 Å². The fraction of sp³-hybridized carbons (Fsp3) is 0.524. The highest BCUT2D eigenvalue weighted by Crippen LogP contribution is 2.39. The summed E-state index contributed by atoms with van der Waals surface area (Å²) in [6.07, 6.45) is 7.37. The number of carbonyl (C=O) groups excluding carboxylic acids is 1. The average molecular weight is 352 g/mol. The molecule has 2 aliphatic rings. The number of hydrogen-bond donors (Lipinski definition) is 2. The number of nitrogens with one attached hydrogen (secondary N) is 1. The molecule has 2 fully saturated rings. The molecule has 2 bridgehead atoms. The van der Waals surface area contributed by atoms with Gasteiger partial charge in [0.05, 0.1) is 23.1 Å². The van der Waals surface area contributed by atoms with E-state index in [1.54, 1.807) is 6.20 Å². The lowest BCUT2D eigenvalue weighted by molar-refractivity contribution is 0.0755. The molecule has 26 heavy (non-hydrogen) atoms. The number of nitrogens with two attached hydrogens (primary N) is 1. The van der Waals surface area contributed by atoms with Gasteiger partial charge in [-0.1, -0.05) is 18.6 Å². The molecule has 5 heteroatoms. The van der Waals surface area contributed by atoms with Gasteiger partial charge in [0.25, 0.3) is 5.91 Å². The molecule has 138 valence electrons. The zero-order valence-electron chi connectivity index (χ0n) is 15.6. The Morgan fingerprint density at radius 2 is 1.96 bits per heavy atom. The topological polar surface area (TPSA) is 72.9 Å². The third-order valence-electron chi connectivity index (χ3n) is 6.17. The van der Waals surface area contributed by atoms with Gasteiger partial charge in [0.1, 0.15) is 0 Å². The molecule has 0 aliphatic heterocycles. The Hall–Kier alpha value is -2.14. The highest BCUT2D eigenvalue weighted by atomic mass is 16.1. The molecule has 3 N–H and O–H groups in total. The molecule has 0 saturated heterocycles. The molecular formula is C21H28N4O. The first-order valence-corrected chi connectivity index (χ1v) is 9.71. The lowest BCUT2D eigenvalue weighted by Crippen LogP contribution is -2.53. The van der Waals surface area contributed by atoms with E-state index in [0.717, 1.165) is 24.2 Å². The van der Waals surface area contributed by atoms with Crippen LogP contribution in [-0.4, -0.2) is 27.8 Å². The van der Waals surface area contributed by atoms with Crippen LogP contribution >= 0.6 is 0 Å². The van der Waals surface area contributed by atoms with Crippen molar-refractivity contribution < 1.29 is 4.79 Å². The Morgan fingerprint density at radius 3 is 2.65 bits per heavy atom. The van der Waals surface area contributed by atoms with E-state index in [-0.39, 0.29) is 11.9 Å². The quantitative estimate of drug-likeness (QED) is 0.891. The Bertz CT molecular complexity index is 798. The van der Waals surface area contributed by atoms with Crippen LogP contribution in [0.2, 0.25) is 0 Å². The minimum Gasteiger partial charge on any atom is -0.349 e. The fourth-order valence-electron chi connectivity index (χ4n) is 4.91. The van der Waals surface area contributed by atoms with Gasteiger partial charge in [0, 0.05) is 12.1 Å². The molecule has 1 amide bonds. The van der Waals surface area contributed by atoms with Crippen molar-refractivity contribution in [2.75, 3.05) is 0 Å². The maximum Gasteiger partial charge on any atom is 0.254 e. The standard InChI is InChI=1S/C21H28N4O/c1-13-5-3-8-18(9-13)25-14(2)19(12-23-25)21(26)24-20-15-6-4-7-16(20)11-17(22)10-15/h3,5,8-9,12,15-17,20H,4,6-7,10-11,22H2,1-2H3,(H,24,26). The number of nitrogens with zero attached hydrogens (tertiary/aromatic N) is 2. The summed E-state index contributed by atoms with van der Waals surface area (Å²) in [5.74, 6) is 1.04. The van der Waals surface area contributed by atoms with Gasteiger partial charge >= 0.3 is 0 Å². The van der Waals surface area contributed by atoms with Gasteiger partial charge in [0.2, 0.25) is 0 Å². The van der Waals surface area contributed by atoms with Crippen molar-refractivity contribution in [3.8, 4) is 5.69 Å². The van der Waals surface area contributed by atoms with E-state index in [0.29, 0.717) is 23.4 Å². The smallest absolute Gasteiger partial charge is 0.254 e. The summed E-state index contributed by atoms with van der Waals surface area (Å²) in [4.78, 5) is 13.0. The second-order valence-electron chi connectivity index (χ2n) is 8.08. The van der Waals surface area contributed by atoms with Gasteiger partial charge in [-0.15, -0.1) is 0 Å². The van der Waals surface area contributed by atoms with E-state index in [4.69, 9.17) is 5.73 Å². The molecular weight excluding hydrogens is 324 g/mol. The molecule has 2 saturated carbocycles. The molecule has 0 radical (unpaired) electrons. The number of rotatable bonds is 3. The van der Waals surface area contributed by atoms with Crippen molar-refractivity contribution in [1.82, 2.24) is 15.1 Å². The molecule has 1 aromatic heterocycles. The van der Waals surface area contributed by atoms with Gasteiger partial charge < -0.3 is 11.1 Å². The van der Waals surface area contributed by atoms with Crippen LogP contribution in [0, 0.1) is 25.7 Å². The average Bonchev–Trinajstić information content (AvgIpc) is 2.97. The van der Waals surface area contributed by atoms with Gasteiger partial charge in [-0.25, -0.2) is 4.68 Å². The van der Waals surface area contributed by atoms with Crippen molar-refractivity contribution in [3.05, 3.63) is 47.3 Å². The van der Waals surface area contributed by atoms with Crippen LogP contribution in [0.4, 0.5) is 0 Å². The fourth-order valence-corrected chi connectivity index (χ4v) is 4.91. The first kappa shape index (κ1) is 17.3. The number of amides is 1. The summed E-state index contributed by atoms with van der Waals surface area (Å²) in [7, 11) is 0. The number of hydrogen-bond acceptors (Lipinski definition) is 3. The van der Waals surface area contributed by atoms with Crippen LogP contribution in [0.15, 0.2) is 30.5 Å². The summed E-state index contributed by atoms with van der Waals surface area (Å²) >= 11 is 0. The van der Waals surface area contributed by atoms with Crippen molar-refractivity contribution >= 4 is 5.91 Å². The van der Waals surface area contributed by atoms with Crippen molar-refractivity contribution in [1.29, 1.82) is 0 Å². The first-order chi connectivity index (χ1) is 12.5. The molecule has 0 spiro atoms. The van der Waals surface area contributed by atoms with Crippen LogP contribution in [0.25, 0.3) is 5.69 Å². The predicted octanol–water partition coefficient (Wildman–Crippen LogP) is 3.12. The monoisotopic (exact) mass is 352 g/mol. The van der Waals surface area contributed by atoms with Gasteiger partial charge in [-0.3, -0.25) is 4.79 Å². The number of fused-ring (bicyclic) bond motifs is 2. The second-order valence-corrected chi connectivity index (χ2v) is 8.08. The van der Waals surface area contributed by atoms with Gasteiger partial charge in [-0.05, 0) is 69.1 Å². The highest BCUT2D eigenvalue weighted by molar-refractivity contribution is 5.95. The molecule has 2 atom stereocenters. The second kappa shape index (κ2) is 6.88. The zero-order chi connectivity index (χ0) is 18.3. The molecule has 5 nitrogen and oxygen atoms in total. The van der Waals surface area contributed by atoms with E-state index in [9.17, 15) is 4.79 Å². The zero-order valence-corrected chi connectivity index (χ0v) is 15.6. The van der Waals surface area contributed by atoms with E-state index >= 15 is 0 Å². The molecule has 2 aromatic rings. The van der Waals surface area contributed by atoms with Crippen molar-refractivity contribution in [2.45, 2.75) is 58.0 Å². The summed E-state index contributed by atoms with van der Waals surface area (Å²) < 4.78 is 1.85. The summed E-state index contributed by atoms with van der Waals surface area (Å²) in [5.41, 5.74) is 9.92. The molecule has 4 rings (SSSR count). The van der Waals surface area contributed by atoms with Crippen molar-refractivity contribution in [3.63, 3.8) is 0 Å². The number of aryl methyl sites for hydroxylation is 1. The van der Waals surface area contributed by atoms with Gasteiger partial charge in [-0.2, -0.15) is 5.10 Å². The van der Waals surface area contributed by atoms with E-state index < -0.39 is 0 Å². The summed E-state index contributed by atoms with van der Waals surface area (Å²) in [6, 6.07) is 8.72. The van der Waals surface area contributed by atoms with Crippen LogP contribution in [0.3, 0.4) is 0 Å². The Balaban J connectivity index is 1.54. The molecule has 2 unspecified atom stereocenters. The van der Waals surface area contributed by atoms with E-state index in [2.05, 4.69) is 29.5 Å². The van der Waals surface area contributed by atoms with Crippen LogP contribution in [-0.2, 0) is 0 Å². The Morgan fingerprint density at radius 1 is 1.23 bits per heavy atom. The van der Waals surface area contributed by atoms with Crippen LogP contribution in [0.1, 0.15) is 53.7 Å². The normalized spacial score (nSPS) is 28.0. The van der Waals surface area contributed by atoms with E-state index in [1.807, 2.05) is 23.7 Å². The first-order valence-electron chi connectivity index (χ1n) is 9.71. The summed E-state index contributed by atoms with van der Waals surface area (Å²) in [5, 5.41) is 7.79. The number of aromatic nitrogens is 2. The maximum absolute atomic E-state index is 13.0. The van der Waals surface area contributed by atoms with E-state index in [1.165, 1.54) is 24.8 Å². The lowest BCUT2D eigenvalue weighted by atomic mass is 9.67. The van der Waals surface area contributed by atoms with Gasteiger partial charge in [0.15, 0.2) is 0 Å². The Kier molecular flexibility index (Phi) is 4.57. The number of carbonyl (C=O) groups is 1. The molecule has 2 aliphatic carbocycles. The predicted molar refractivity (Wildman–Crippen MR) is 102 cm³/mol. The SMILES string of the molecule is Cc1cccc(-n2ncc(C(=O)NC3C4CCCC3CC(N)C4)c2C)c1.